The molecule has 7 heteroatoms. The van der Waals surface area contributed by atoms with Crippen LogP contribution in [0, 0.1) is 5.41 Å². The number of phenolic OH excluding ortho intramolecular Hbond substituents is 2. The summed E-state index contributed by atoms with van der Waals surface area (Å²) in [4.78, 5) is 21.0. The molecule has 0 atom stereocenters. The molecule has 2 aromatic rings. The molecule has 2 aliphatic rings. The fourth-order valence-electron chi connectivity index (χ4n) is 4.59. The van der Waals surface area contributed by atoms with Crippen molar-refractivity contribution in [2.45, 2.75) is 32.2 Å². The van der Waals surface area contributed by atoms with E-state index in [2.05, 4.69) is 9.88 Å². The number of piperidine rings is 2. The Labute approximate surface area is 170 Å². The van der Waals surface area contributed by atoms with Crippen molar-refractivity contribution < 1.29 is 15.0 Å². The molecule has 0 radical (unpaired) electrons. The van der Waals surface area contributed by atoms with Gasteiger partial charge in [0.05, 0.1) is 17.4 Å². The van der Waals surface area contributed by atoms with E-state index in [0.717, 1.165) is 57.4 Å². The van der Waals surface area contributed by atoms with E-state index >= 15 is 0 Å². The number of rotatable bonds is 3. The molecule has 0 bridgehead atoms. The third kappa shape index (κ3) is 4.00. The number of aromatic nitrogens is 1. The summed E-state index contributed by atoms with van der Waals surface area (Å²) < 4.78 is 0. The highest BCUT2D eigenvalue weighted by Crippen LogP contribution is 2.42. The molecule has 1 amide bonds. The second-order valence-electron chi connectivity index (χ2n) is 8.32. The number of para-hydroxylation sites is 1. The van der Waals surface area contributed by atoms with Crippen LogP contribution < -0.4 is 5.73 Å². The fraction of sp³-hybridized carbons (Fsp3) is 0.455. The van der Waals surface area contributed by atoms with Gasteiger partial charge in [0.15, 0.2) is 11.5 Å². The van der Waals surface area contributed by atoms with Gasteiger partial charge in [0.1, 0.15) is 0 Å². The molecule has 0 unspecified atom stereocenters. The molecular formula is C22H28N4O3. The second-order valence-corrected chi connectivity index (χ2v) is 8.32. The van der Waals surface area contributed by atoms with Gasteiger partial charge in [0, 0.05) is 31.4 Å². The number of benzene rings is 1. The molecule has 0 aliphatic carbocycles. The lowest BCUT2D eigenvalue weighted by molar-refractivity contribution is 0.0284. The van der Waals surface area contributed by atoms with Crippen molar-refractivity contribution in [3.05, 3.63) is 47.8 Å². The van der Waals surface area contributed by atoms with Crippen molar-refractivity contribution >= 4 is 11.6 Å². The van der Waals surface area contributed by atoms with Gasteiger partial charge in [-0.15, -0.1) is 0 Å². The first kappa shape index (κ1) is 19.5. The molecule has 154 valence electrons. The van der Waals surface area contributed by atoms with Gasteiger partial charge in [-0.2, -0.15) is 0 Å². The number of anilines is 1. The van der Waals surface area contributed by atoms with Crippen LogP contribution in [0.25, 0.3) is 0 Å². The van der Waals surface area contributed by atoms with Crippen LogP contribution in [0.1, 0.15) is 41.6 Å². The molecule has 3 heterocycles. The standard InChI is InChI=1S/C22H28N4O3/c23-18-14-24-9-4-17(18)21(29)26-12-7-22(8-13-26)5-10-25(11-6-22)15-16-2-1-3-19(27)20(16)28/h1-4,9,14,27-28H,5-8,10-13,15,23H2. The van der Waals surface area contributed by atoms with Crippen LogP contribution in [0.2, 0.25) is 0 Å². The van der Waals surface area contributed by atoms with Crippen LogP contribution in [-0.4, -0.2) is 57.1 Å². The molecule has 1 aromatic carbocycles. The summed E-state index contributed by atoms with van der Waals surface area (Å²) in [5.74, 6) is -0.0885. The van der Waals surface area contributed by atoms with E-state index in [1.807, 2.05) is 11.0 Å². The number of carbonyl (C=O) groups is 1. The van der Waals surface area contributed by atoms with E-state index in [4.69, 9.17) is 5.73 Å². The summed E-state index contributed by atoms with van der Waals surface area (Å²) in [5.41, 5.74) is 7.93. The van der Waals surface area contributed by atoms with Gasteiger partial charge in [-0.3, -0.25) is 14.7 Å². The summed E-state index contributed by atoms with van der Waals surface area (Å²) in [6.07, 6.45) is 7.33. The molecule has 29 heavy (non-hydrogen) atoms. The van der Waals surface area contributed by atoms with Gasteiger partial charge >= 0.3 is 0 Å². The quantitative estimate of drug-likeness (QED) is 0.689. The Kier molecular flexibility index (Phi) is 5.32. The zero-order valence-corrected chi connectivity index (χ0v) is 16.5. The van der Waals surface area contributed by atoms with E-state index in [9.17, 15) is 15.0 Å². The van der Waals surface area contributed by atoms with E-state index in [1.54, 1.807) is 18.3 Å². The predicted molar refractivity (Wildman–Crippen MR) is 111 cm³/mol. The maximum Gasteiger partial charge on any atom is 0.256 e. The van der Waals surface area contributed by atoms with Gasteiger partial charge in [-0.1, -0.05) is 12.1 Å². The Bertz CT molecular complexity index is 883. The lowest BCUT2D eigenvalue weighted by Crippen LogP contribution is -2.48. The molecule has 4 N–H and O–H groups in total. The van der Waals surface area contributed by atoms with Gasteiger partial charge in [0.25, 0.3) is 5.91 Å². The molecule has 2 aliphatic heterocycles. The monoisotopic (exact) mass is 396 g/mol. The van der Waals surface area contributed by atoms with E-state index in [0.29, 0.717) is 17.8 Å². The summed E-state index contributed by atoms with van der Waals surface area (Å²) >= 11 is 0. The molecule has 2 saturated heterocycles. The summed E-state index contributed by atoms with van der Waals surface area (Å²) in [6, 6.07) is 6.81. The summed E-state index contributed by atoms with van der Waals surface area (Å²) in [5, 5.41) is 19.7. The Balaban J connectivity index is 1.32. The minimum Gasteiger partial charge on any atom is -0.504 e. The molecule has 0 saturated carbocycles. The number of hydrogen-bond acceptors (Lipinski definition) is 6. The summed E-state index contributed by atoms with van der Waals surface area (Å²) in [7, 11) is 0. The average molecular weight is 396 g/mol. The number of nitrogens with two attached hydrogens (primary N) is 1. The number of hydrogen-bond donors (Lipinski definition) is 3. The van der Waals surface area contributed by atoms with Gasteiger partial charge in [0.2, 0.25) is 0 Å². The molecule has 7 nitrogen and oxygen atoms in total. The SMILES string of the molecule is Nc1cnccc1C(=O)N1CCC2(CCN(Cc3cccc(O)c3O)CC2)CC1. The number of pyridine rings is 1. The van der Waals surface area contributed by atoms with Crippen molar-refractivity contribution in [3.63, 3.8) is 0 Å². The lowest BCUT2D eigenvalue weighted by atomic mass is 9.71. The third-order valence-corrected chi connectivity index (χ3v) is 6.60. The number of carbonyl (C=O) groups excluding carboxylic acids is 1. The third-order valence-electron chi connectivity index (χ3n) is 6.60. The zero-order chi connectivity index (χ0) is 20.4. The van der Waals surface area contributed by atoms with Crippen LogP contribution in [-0.2, 0) is 6.54 Å². The van der Waals surface area contributed by atoms with Crippen LogP contribution in [0.3, 0.4) is 0 Å². The normalized spacial score (nSPS) is 19.4. The first-order valence-corrected chi connectivity index (χ1v) is 10.2. The largest absolute Gasteiger partial charge is 0.504 e. The van der Waals surface area contributed by atoms with Gasteiger partial charge < -0.3 is 20.8 Å². The Morgan fingerprint density at radius 2 is 1.76 bits per heavy atom. The maximum atomic E-state index is 12.8. The number of aromatic hydroxyl groups is 2. The Morgan fingerprint density at radius 3 is 2.45 bits per heavy atom. The minimum atomic E-state index is -0.0668. The van der Waals surface area contributed by atoms with E-state index < -0.39 is 0 Å². The molecular weight excluding hydrogens is 368 g/mol. The number of nitrogen functional groups attached to an aromatic ring is 1. The topological polar surface area (TPSA) is 103 Å². The highest BCUT2D eigenvalue weighted by Gasteiger charge is 2.38. The second kappa shape index (κ2) is 7.91. The average Bonchev–Trinajstić information content (AvgIpc) is 2.74. The minimum absolute atomic E-state index is 0.00320. The van der Waals surface area contributed by atoms with Crippen LogP contribution in [0.4, 0.5) is 5.69 Å². The maximum absolute atomic E-state index is 12.8. The number of nitrogens with zero attached hydrogens (tertiary/aromatic N) is 3. The van der Waals surface area contributed by atoms with Crippen LogP contribution in [0.5, 0.6) is 11.5 Å². The van der Waals surface area contributed by atoms with Crippen molar-refractivity contribution in [1.82, 2.24) is 14.8 Å². The van der Waals surface area contributed by atoms with Crippen molar-refractivity contribution in [3.8, 4) is 11.5 Å². The highest BCUT2D eigenvalue weighted by molar-refractivity contribution is 5.98. The first-order chi connectivity index (χ1) is 14.0. The Hall–Kier alpha value is -2.80. The zero-order valence-electron chi connectivity index (χ0n) is 16.5. The van der Waals surface area contributed by atoms with Crippen molar-refractivity contribution in [1.29, 1.82) is 0 Å². The van der Waals surface area contributed by atoms with Gasteiger partial charge in [-0.05, 0) is 56.3 Å². The van der Waals surface area contributed by atoms with Crippen molar-refractivity contribution in [2.75, 3.05) is 31.9 Å². The number of phenols is 2. The van der Waals surface area contributed by atoms with E-state index in [1.165, 1.54) is 12.3 Å². The van der Waals surface area contributed by atoms with Crippen LogP contribution in [0.15, 0.2) is 36.7 Å². The van der Waals surface area contributed by atoms with Crippen molar-refractivity contribution in [2.24, 2.45) is 5.41 Å². The Morgan fingerprint density at radius 1 is 1.07 bits per heavy atom. The molecule has 1 aromatic heterocycles. The predicted octanol–water partition coefficient (Wildman–Crippen LogP) is 2.59. The van der Waals surface area contributed by atoms with Crippen LogP contribution >= 0.6 is 0 Å². The molecule has 1 spiro atoms. The number of amides is 1. The smallest absolute Gasteiger partial charge is 0.256 e. The summed E-state index contributed by atoms with van der Waals surface area (Å²) in [6.45, 7) is 4.07. The first-order valence-electron chi connectivity index (χ1n) is 10.2. The van der Waals surface area contributed by atoms with Gasteiger partial charge in [-0.25, -0.2) is 0 Å². The molecule has 4 rings (SSSR count). The molecule has 2 fully saturated rings. The lowest BCUT2D eigenvalue weighted by Gasteiger charge is -2.47. The fourth-order valence-corrected chi connectivity index (χ4v) is 4.59. The number of likely N-dealkylation sites (tertiary alicyclic amines) is 2. The van der Waals surface area contributed by atoms with E-state index in [-0.39, 0.29) is 22.8 Å². The highest BCUT2D eigenvalue weighted by atomic mass is 16.3.